The summed E-state index contributed by atoms with van der Waals surface area (Å²) in [6.07, 6.45) is 0. The highest BCUT2D eigenvalue weighted by atomic mass is 32.1. The number of nitro benzene ring substituents is 1. The highest BCUT2D eigenvalue weighted by molar-refractivity contribution is 7.07. The van der Waals surface area contributed by atoms with Gasteiger partial charge in [0.1, 0.15) is 6.61 Å². The Bertz CT molecular complexity index is 540. The molecule has 0 saturated carbocycles. The summed E-state index contributed by atoms with van der Waals surface area (Å²) in [6.45, 7) is 0.644. The lowest BCUT2D eigenvalue weighted by molar-refractivity contribution is -0.386. The molecule has 0 radical (unpaired) electrons. The van der Waals surface area contributed by atoms with Gasteiger partial charge in [-0.1, -0.05) is 6.07 Å². The van der Waals surface area contributed by atoms with Crippen LogP contribution in [0.25, 0.3) is 0 Å². The first-order chi connectivity index (χ1) is 8.70. The van der Waals surface area contributed by atoms with Crippen molar-refractivity contribution in [2.75, 3.05) is 0 Å². The van der Waals surface area contributed by atoms with Crippen LogP contribution >= 0.6 is 11.3 Å². The number of hydrogen-bond donors (Lipinski definition) is 1. The number of thiophene rings is 1. The molecule has 0 unspecified atom stereocenters. The molecule has 94 valence electrons. The van der Waals surface area contributed by atoms with Gasteiger partial charge in [-0.3, -0.25) is 10.1 Å². The Balaban J connectivity index is 2.20. The third-order valence-electron chi connectivity index (χ3n) is 2.43. The van der Waals surface area contributed by atoms with Gasteiger partial charge < -0.3 is 10.5 Å². The van der Waals surface area contributed by atoms with Crippen LogP contribution in [0.2, 0.25) is 0 Å². The van der Waals surface area contributed by atoms with E-state index < -0.39 is 4.92 Å². The minimum atomic E-state index is -0.455. The monoisotopic (exact) mass is 264 g/mol. The Morgan fingerprint density at radius 2 is 2.17 bits per heavy atom. The van der Waals surface area contributed by atoms with Gasteiger partial charge in [-0.2, -0.15) is 11.3 Å². The molecule has 0 amide bonds. The molecule has 2 aromatic rings. The van der Waals surface area contributed by atoms with Crippen molar-refractivity contribution in [3.05, 3.63) is 56.3 Å². The molecular formula is C12H12N2O3S. The van der Waals surface area contributed by atoms with Crippen LogP contribution in [0.1, 0.15) is 11.1 Å². The first kappa shape index (κ1) is 12.5. The SMILES string of the molecule is NCc1ccc([N+](=O)[O-])c(OCc2ccsc2)c1. The molecule has 18 heavy (non-hydrogen) atoms. The normalized spacial score (nSPS) is 10.3. The largest absolute Gasteiger partial charge is 0.482 e. The second-order valence-corrected chi connectivity index (χ2v) is 4.46. The van der Waals surface area contributed by atoms with Crippen molar-refractivity contribution < 1.29 is 9.66 Å². The maximum Gasteiger partial charge on any atom is 0.310 e. The average molecular weight is 264 g/mol. The van der Waals surface area contributed by atoms with Crippen LogP contribution in [0.4, 0.5) is 5.69 Å². The molecule has 1 heterocycles. The molecule has 0 aliphatic heterocycles. The van der Waals surface area contributed by atoms with Crippen molar-refractivity contribution in [1.29, 1.82) is 0 Å². The van der Waals surface area contributed by atoms with E-state index in [0.29, 0.717) is 13.2 Å². The Labute approximate surface area is 108 Å². The van der Waals surface area contributed by atoms with Crippen LogP contribution in [-0.4, -0.2) is 4.92 Å². The fraction of sp³-hybridized carbons (Fsp3) is 0.167. The topological polar surface area (TPSA) is 78.4 Å². The highest BCUT2D eigenvalue weighted by Gasteiger charge is 2.15. The molecule has 6 heteroatoms. The molecule has 0 aliphatic rings. The Morgan fingerprint density at radius 1 is 1.33 bits per heavy atom. The molecule has 0 aliphatic carbocycles. The Kier molecular flexibility index (Phi) is 3.91. The summed E-state index contributed by atoms with van der Waals surface area (Å²) in [6, 6.07) is 6.59. The molecule has 0 spiro atoms. The summed E-state index contributed by atoms with van der Waals surface area (Å²) in [5.74, 6) is 0.258. The molecule has 2 N–H and O–H groups in total. The second kappa shape index (κ2) is 5.61. The van der Waals surface area contributed by atoms with Gasteiger partial charge in [0.05, 0.1) is 4.92 Å². The van der Waals surface area contributed by atoms with E-state index in [1.165, 1.54) is 6.07 Å². The number of hydrogen-bond acceptors (Lipinski definition) is 5. The van der Waals surface area contributed by atoms with Crippen LogP contribution < -0.4 is 10.5 Å². The quantitative estimate of drug-likeness (QED) is 0.665. The Hall–Kier alpha value is -1.92. The Morgan fingerprint density at radius 3 is 2.78 bits per heavy atom. The molecule has 5 nitrogen and oxygen atoms in total. The summed E-state index contributed by atoms with van der Waals surface area (Å²) >= 11 is 1.56. The van der Waals surface area contributed by atoms with Gasteiger partial charge >= 0.3 is 5.69 Å². The zero-order chi connectivity index (χ0) is 13.0. The van der Waals surface area contributed by atoms with E-state index in [4.69, 9.17) is 10.5 Å². The van der Waals surface area contributed by atoms with E-state index in [-0.39, 0.29) is 11.4 Å². The van der Waals surface area contributed by atoms with Gasteiger partial charge in [-0.25, -0.2) is 0 Å². The third kappa shape index (κ3) is 2.85. The van der Waals surface area contributed by atoms with Crippen LogP contribution in [-0.2, 0) is 13.2 Å². The predicted octanol–water partition coefficient (Wildman–Crippen LogP) is 2.69. The number of ether oxygens (including phenoxy) is 1. The van der Waals surface area contributed by atoms with E-state index in [0.717, 1.165) is 11.1 Å². The zero-order valence-corrected chi connectivity index (χ0v) is 10.4. The van der Waals surface area contributed by atoms with Crippen molar-refractivity contribution in [3.8, 4) is 5.75 Å². The molecule has 1 aromatic heterocycles. The smallest absolute Gasteiger partial charge is 0.310 e. The number of rotatable bonds is 5. The first-order valence-corrected chi connectivity index (χ1v) is 6.26. The summed E-state index contributed by atoms with van der Waals surface area (Å²) in [7, 11) is 0. The minimum absolute atomic E-state index is 0.0394. The highest BCUT2D eigenvalue weighted by Crippen LogP contribution is 2.28. The molecule has 0 saturated heterocycles. The molecule has 1 aromatic carbocycles. The van der Waals surface area contributed by atoms with E-state index in [1.54, 1.807) is 23.5 Å². The van der Waals surface area contributed by atoms with Crippen LogP contribution in [0.5, 0.6) is 5.75 Å². The summed E-state index contributed by atoms with van der Waals surface area (Å²) in [4.78, 5) is 10.4. The lowest BCUT2D eigenvalue weighted by atomic mass is 10.2. The van der Waals surface area contributed by atoms with E-state index in [9.17, 15) is 10.1 Å². The number of benzene rings is 1. The number of nitrogens with two attached hydrogens (primary N) is 1. The van der Waals surface area contributed by atoms with Crippen LogP contribution in [0, 0.1) is 10.1 Å². The molecular weight excluding hydrogens is 252 g/mol. The second-order valence-electron chi connectivity index (χ2n) is 3.68. The maximum atomic E-state index is 10.9. The summed E-state index contributed by atoms with van der Waals surface area (Å²) in [5, 5.41) is 14.8. The van der Waals surface area contributed by atoms with E-state index in [1.807, 2.05) is 16.8 Å². The van der Waals surface area contributed by atoms with Gasteiger partial charge in [0.15, 0.2) is 5.75 Å². The maximum absolute atomic E-state index is 10.9. The van der Waals surface area contributed by atoms with Crippen molar-refractivity contribution in [2.24, 2.45) is 5.73 Å². The predicted molar refractivity (Wildman–Crippen MR) is 69.6 cm³/mol. The van der Waals surface area contributed by atoms with Gasteiger partial charge in [0.2, 0.25) is 0 Å². The van der Waals surface area contributed by atoms with Gasteiger partial charge in [0, 0.05) is 12.6 Å². The summed E-state index contributed by atoms with van der Waals surface area (Å²) < 4.78 is 5.49. The summed E-state index contributed by atoms with van der Waals surface area (Å²) in [5.41, 5.74) is 7.27. The average Bonchev–Trinajstić information content (AvgIpc) is 2.88. The van der Waals surface area contributed by atoms with Crippen LogP contribution in [0.3, 0.4) is 0 Å². The van der Waals surface area contributed by atoms with Crippen LogP contribution in [0.15, 0.2) is 35.0 Å². The van der Waals surface area contributed by atoms with Crippen molar-refractivity contribution in [2.45, 2.75) is 13.2 Å². The van der Waals surface area contributed by atoms with Gasteiger partial charge in [-0.15, -0.1) is 0 Å². The molecule has 0 fully saturated rings. The van der Waals surface area contributed by atoms with Crippen molar-refractivity contribution in [1.82, 2.24) is 0 Å². The third-order valence-corrected chi connectivity index (χ3v) is 3.16. The lowest BCUT2D eigenvalue weighted by Crippen LogP contribution is -2.01. The fourth-order valence-electron chi connectivity index (χ4n) is 1.49. The lowest BCUT2D eigenvalue weighted by Gasteiger charge is -2.07. The fourth-order valence-corrected chi connectivity index (χ4v) is 2.14. The zero-order valence-electron chi connectivity index (χ0n) is 9.54. The molecule has 0 atom stereocenters. The van der Waals surface area contributed by atoms with Gasteiger partial charge in [0.25, 0.3) is 0 Å². The minimum Gasteiger partial charge on any atom is -0.482 e. The number of nitro groups is 1. The molecule has 0 bridgehead atoms. The first-order valence-electron chi connectivity index (χ1n) is 5.32. The van der Waals surface area contributed by atoms with E-state index >= 15 is 0 Å². The molecule has 2 rings (SSSR count). The van der Waals surface area contributed by atoms with Gasteiger partial charge in [-0.05, 0) is 34.0 Å². The standard InChI is InChI=1S/C12H12N2O3S/c13-6-9-1-2-11(14(15)16)12(5-9)17-7-10-3-4-18-8-10/h1-5,8H,6-7,13H2. The van der Waals surface area contributed by atoms with E-state index in [2.05, 4.69) is 0 Å². The van der Waals surface area contributed by atoms with Crippen molar-refractivity contribution in [3.63, 3.8) is 0 Å². The number of nitrogens with zero attached hydrogens (tertiary/aromatic N) is 1. The van der Waals surface area contributed by atoms with Crippen molar-refractivity contribution >= 4 is 17.0 Å².